The van der Waals surface area contributed by atoms with Crippen molar-refractivity contribution in [3.05, 3.63) is 82.4 Å². The maximum atomic E-state index is 14.1. The highest BCUT2D eigenvalue weighted by atomic mass is 19.4. The minimum absolute atomic E-state index is 0.0194. The van der Waals surface area contributed by atoms with Gasteiger partial charge in [0, 0.05) is 57.9 Å². The summed E-state index contributed by atoms with van der Waals surface area (Å²) in [5.41, 5.74) is 1.83. The average molecular weight is 637 g/mol. The minimum Gasteiger partial charge on any atom is -0.477 e. The standard InChI is InChI=1S/C33H35F3N6O4/c1-3-21-18-42(29(43)13-20-4-5-22(26(12-20)33(34,35)36)17-41-10-8-40(2)9-11-41)19-23-14-24(16-38-30(21)23)46-28-6-7-37-31-25(28)15-27(39-31)32(44)45/h4-7,12,14-16,21H,3,8-11,13,17-19H2,1-2H3,(H,37,39)(H,44,45)/t21-/m0/s1. The summed E-state index contributed by atoms with van der Waals surface area (Å²) in [6.07, 6.45) is -0.867. The van der Waals surface area contributed by atoms with E-state index in [1.165, 1.54) is 18.3 Å². The molecule has 242 valence electrons. The van der Waals surface area contributed by atoms with Crippen molar-refractivity contribution < 1.29 is 32.6 Å². The molecule has 3 aromatic heterocycles. The predicted molar refractivity (Wildman–Crippen MR) is 164 cm³/mol. The van der Waals surface area contributed by atoms with Crippen molar-refractivity contribution in [2.24, 2.45) is 0 Å². The van der Waals surface area contributed by atoms with E-state index in [9.17, 15) is 27.9 Å². The molecule has 0 spiro atoms. The molecule has 2 aliphatic heterocycles. The number of amides is 1. The second kappa shape index (κ2) is 12.7. The van der Waals surface area contributed by atoms with Crippen LogP contribution in [-0.2, 0) is 30.5 Å². The Kier molecular flexibility index (Phi) is 8.71. The number of rotatable bonds is 8. The molecular weight excluding hydrogens is 601 g/mol. The second-order valence-electron chi connectivity index (χ2n) is 12.0. The normalized spacial score (nSPS) is 17.7. The molecule has 10 nitrogen and oxygen atoms in total. The Labute approximate surface area is 263 Å². The van der Waals surface area contributed by atoms with Gasteiger partial charge in [-0.1, -0.05) is 19.1 Å². The number of carboxylic acids is 1. The summed E-state index contributed by atoms with van der Waals surface area (Å²) in [5, 5.41) is 9.84. The Hall–Kier alpha value is -4.49. The van der Waals surface area contributed by atoms with Gasteiger partial charge in [0.1, 0.15) is 22.8 Å². The quantitative estimate of drug-likeness (QED) is 0.268. The third-order valence-electron chi connectivity index (χ3n) is 8.79. The van der Waals surface area contributed by atoms with Gasteiger partial charge in [0.25, 0.3) is 0 Å². The van der Waals surface area contributed by atoms with E-state index in [1.807, 2.05) is 18.9 Å². The molecular formula is C33H35F3N6O4. The summed E-state index contributed by atoms with van der Waals surface area (Å²) in [6, 6.07) is 9.14. The largest absolute Gasteiger partial charge is 0.477 e. The number of nitrogens with zero attached hydrogens (tertiary/aromatic N) is 5. The van der Waals surface area contributed by atoms with E-state index in [-0.39, 0.29) is 42.6 Å². The van der Waals surface area contributed by atoms with E-state index in [4.69, 9.17) is 4.74 Å². The number of likely N-dealkylation sites (N-methyl/N-ethyl adjacent to an activating group) is 1. The van der Waals surface area contributed by atoms with E-state index in [2.05, 4.69) is 19.9 Å². The van der Waals surface area contributed by atoms with Crippen LogP contribution in [0.25, 0.3) is 11.0 Å². The zero-order chi connectivity index (χ0) is 32.6. The number of halogens is 3. The Balaban J connectivity index is 1.19. The number of benzene rings is 1. The van der Waals surface area contributed by atoms with E-state index < -0.39 is 17.7 Å². The van der Waals surface area contributed by atoms with Crippen LogP contribution in [0.2, 0.25) is 0 Å². The number of aromatic carboxylic acids is 1. The van der Waals surface area contributed by atoms with Crippen LogP contribution in [-0.4, -0.2) is 86.4 Å². The third kappa shape index (κ3) is 6.70. The highest BCUT2D eigenvalue weighted by Gasteiger charge is 2.35. The van der Waals surface area contributed by atoms with Crippen molar-refractivity contribution in [2.75, 3.05) is 39.8 Å². The Bertz CT molecular complexity index is 1770. The first kappa shape index (κ1) is 31.5. The number of pyridine rings is 2. The van der Waals surface area contributed by atoms with Crippen molar-refractivity contribution in [3.8, 4) is 11.5 Å². The number of carbonyl (C=O) groups excluding carboxylic acids is 1. The van der Waals surface area contributed by atoms with Gasteiger partial charge < -0.3 is 24.6 Å². The lowest BCUT2D eigenvalue weighted by Gasteiger charge is -2.34. The van der Waals surface area contributed by atoms with Crippen molar-refractivity contribution in [3.63, 3.8) is 0 Å². The van der Waals surface area contributed by atoms with Crippen molar-refractivity contribution >= 4 is 22.9 Å². The van der Waals surface area contributed by atoms with Crippen LogP contribution < -0.4 is 4.74 Å². The lowest BCUT2D eigenvalue weighted by atomic mass is 9.92. The van der Waals surface area contributed by atoms with E-state index >= 15 is 0 Å². The summed E-state index contributed by atoms with van der Waals surface area (Å²) in [6.45, 7) is 5.89. The third-order valence-corrected chi connectivity index (χ3v) is 8.79. The van der Waals surface area contributed by atoms with E-state index in [1.54, 1.807) is 29.3 Å². The molecule has 1 atom stereocenters. The maximum Gasteiger partial charge on any atom is 0.416 e. The molecule has 0 bridgehead atoms. The first-order valence-electron chi connectivity index (χ1n) is 15.2. The number of piperazine rings is 1. The molecule has 4 aromatic rings. The molecule has 0 radical (unpaired) electrons. The number of hydrogen-bond donors (Lipinski definition) is 2. The van der Waals surface area contributed by atoms with Crippen LogP contribution in [0.5, 0.6) is 11.5 Å². The summed E-state index contributed by atoms with van der Waals surface area (Å²) in [4.78, 5) is 42.4. The monoisotopic (exact) mass is 636 g/mol. The van der Waals surface area contributed by atoms with Gasteiger partial charge >= 0.3 is 12.1 Å². The second-order valence-corrected chi connectivity index (χ2v) is 12.0. The Morgan fingerprint density at radius 3 is 2.59 bits per heavy atom. The number of carbonyl (C=O) groups is 2. The number of H-pyrrole nitrogens is 1. The van der Waals surface area contributed by atoms with Crippen molar-refractivity contribution in [2.45, 2.75) is 44.9 Å². The maximum absolute atomic E-state index is 14.1. The van der Waals surface area contributed by atoms with Gasteiger partial charge in [-0.3, -0.25) is 14.7 Å². The fraction of sp³-hybridized carbons (Fsp3) is 0.394. The van der Waals surface area contributed by atoms with Crippen molar-refractivity contribution in [1.29, 1.82) is 0 Å². The van der Waals surface area contributed by atoms with Crippen LogP contribution >= 0.6 is 0 Å². The zero-order valence-corrected chi connectivity index (χ0v) is 25.6. The number of fused-ring (bicyclic) bond motifs is 2. The predicted octanol–water partition coefficient (Wildman–Crippen LogP) is 5.29. The molecule has 6 rings (SSSR count). The fourth-order valence-electron chi connectivity index (χ4n) is 6.19. The smallest absolute Gasteiger partial charge is 0.416 e. The molecule has 46 heavy (non-hydrogen) atoms. The van der Waals surface area contributed by atoms with E-state index in [0.29, 0.717) is 47.7 Å². The molecule has 0 saturated carbocycles. The number of aromatic nitrogens is 3. The molecule has 5 heterocycles. The number of nitrogens with one attached hydrogen (secondary N) is 1. The van der Waals surface area contributed by atoms with Crippen LogP contribution in [0.4, 0.5) is 13.2 Å². The van der Waals surface area contributed by atoms with Gasteiger partial charge in [-0.2, -0.15) is 13.2 Å². The zero-order valence-electron chi connectivity index (χ0n) is 25.6. The first-order chi connectivity index (χ1) is 22.0. The van der Waals surface area contributed by atoms with Gasteiger partial charge in [-0.05, 0) is 54.4 Å². The average Bonchev–Trinajstić information content (AvgIpc) is 3.48. The number of hydrogen-bond acceptors (Lipinski definition) is 7. The van der Waals surface area contributed by atoms with Crippen LogP contribution in [0.3, 0.4) is 0 Å². The SMILES string of the molecule is CC[C@H]1CN(C(=O)Cc2ccc(CN3CCN(C)CC3)c(C(F)(F)F)c2)Cc2cc(Oc3ccnc4[nH]c(C(=O)O)cc34)cnc21. The van der Waals surface area contributed by atoms with Gasteiger partial charge in [0.15, 0.2) is 0 Å². The number of alkyl halides is 3. The van der Waals surface area contributed by atoms with Crippen LogP contribution in [0, 0.1) is 0 Å². The molecule has 2 N–H and O–H groups in total. The summed E-state index contributed by atoms with van der Waals surface area (Å²) >= 11 is 0. The molecule has 1 aromatic carbocycles. The molecule has 0 unspecified atom stereocenters. The summed E-state index contributed by atoms with van der Waals surface area (Å²) < 4.78 is 48.5. The first-order valence-corrected chi connectivity index (χ1v) is 15.2. The summed E-state index contributed by atoms with van der Waals surface area (Å²) in [7, 11) is 2.00. The van der Waals surface area contributed by atoms with Crippen molar-refractivity contribution in [1.82, 2.24) is 29.7 Å². The van der Waals surface area contributed by atoms with Gasteiger partial charge in [0.2, 0.25) is 5.91 Å². The summed E-state index contributed by atoms with van der Waals surface area (Å²) in [5.74, 6) is -0.637. The number of carboxylic acid groups (broad SMARTS) is 1. The molecule has 1 saturated heterocycles. The number of ether oxygens (including phenoxy) is 1. The molecule has 2 aliphatic rings. The topological polar surface area (TPSA) is 115 Å². The van der Waals surface area contributed by atoms with Crippen LogP contribution in [0.15, 0.2) is 48.8 Å². The minimum atomic E-state index is -4.53. The molecule has 1 fully saturated rings. The molecule has 0 aliphatic carbocycles. The van der Waals surface area contributed by atoms with Gasteiger partial charge in [-0.15, -0.1) is 0 Å². The molecule has 13 heteroatoms. The van der Waals surface area contributed by atoms with Crippen LogP contribution in [0.1, 0.15) is 57.7 Å². The lowest BCUT2D eigenvalue weighted by Crippen LogP contribution is -2.44. The van der Waals surface area contributed by atoms with Gasteiger partial charge in [0.05, 0.1) is 29.3 Å². The van der Waals surface area contributed by atoms with E-state index in [0.717, 1.165) is 36.8 Å². The molecule has 1 amide bonds. The van der Waals surface area contributed by atoms with Gasteiger partial charge in [-0.25, -0.2) is 9.78 Å². The Morgan fingerprint density at radius 2 is 1.87 bits per heavy atom. The highest BCUT2D eigenvalue weighted by Crippen LogP contribution is 2.36. The lowest BCUT2D eigenvalue weighted by molar-refractivity contribution is -0.139. The Morgan fingerprint density at radius 1 is 1.09 bits per heavy atom. The fourth-order valence-corrected chi connectivity index (χ4v) is 6.19. The highest BCUT2D eigenvalue weighted by molar-refractivity contribution is 5.94. The number of aromatic amines is 1.